The number of carbonyl (C=O) groups is 2. The molecule has 0 N–H and O–H groups in total. The summed E-state index contributed by atoms with van der Waals surface area (Å²) in [6, 6.07) is 3.68. The number of piperidine rings is 1. The van der Waals surface area contributed by atoms with Crippen molar-refractivity contribution in [3.8, 4) is 11.5 Å². The van der Waals surface area contributed by atoms with E-state index >= 15 is 0 Å². The third-order valence-corrected chi connectivity index (χ3v) is 6.18. The highest BCUT2D eigenvalue weighted by atomic mass is 16.5. The monoisotopic (exact) mass is 404 g/mol. The molecule has 0 saturated carbocycles. The van der Waals surface area contributed by atoms with Crippen LogP contribution in [0.25, 0.3) is 0 Å². The third kappa shape index (κ3) is 4.83. The van der Waals surface area contributed by atoms with Crippen LogP contribution in [0.1, 0.15) is 43.4 Å². The minimum Gasteiger partial charge on any atom is -0.493 e. The van der Waals surface area contributed by atoms with Gasteiger partial charge in [-0.15, -0.1) is 0 Å². The molecule has 2 aliphatic heterocycles. The van der Waals surface area contributed by atoms with Crippen molar-refractivity contribution in [2.75, 3.05) is 47.5 Å². The van der Waals surface area contributed by atoms with E-state index in [-0.39, 0.29) is 24.3 Å². The standard InChI is InChI=1S/C22H32N2O5/c1-15-5-8-23(9-6-15)21(25)14-24-10-7-16-11-19(27-2)20(28-3)12-17(16)18(24)13-22(26)29-4/h11-12,15,18H,5-10,13-14H2,1-4H3. The van der Waals surface area contributed by atoms with Crippen LogP contribution in [0, 0.1) is 5.92 Å². The third-order valence-electron chi connectivity index (χ3n) is 6.18. The molecule has 29 heavy (non-hydrogen) atoms. The van der Waals surface area contributed by atoms with E-state index in [1.165, 1.54) is 7.11 Å². The normalized spacial score (nSPS) is 20.1. The summed E-state index contributed by atoms with van der Waals surface area (Å²) in [5.74, 6) is 1.82. The number of benzene rings is 1. The summed E-state index contributed by atoms with van der Waals surface area (Å²) in [6.45, 7) is 4.88. The smallest absolute Gasteiger partial charge is 0.307 e. The lowest BCUT2D eigenvalue weighted by Gasteiger charge is -2.38. The zero-order chi connectivity index (χ0) is 21.0. The molecule has 2 heterocycles. The number of esters is 1. The summed E-state index contributed by atoms with van der Waals surface area (Å²) in [4.78, 5) is 29.1. The van der Waals surface area contributed by atoms with Crippen molar-refractivity contribution in [3.05, 3.63) is 23.3 Å². The van der Waals surface area contributed by atoms with Gasteiger partial charge in [-0.2, -0.15) is 0 Å². The number of likely N-dealkylation sites (tertiary alicyclic amines) is 1. The van der Waals surface area contributed by atoms with Crippen molar-refractivity contribution in [2.45, 2.75) is 38.6 Å². The molecule has 0 spiro atoms. The molecule has 0 bridgehead atoms. The molecular formula is C22H32N2O5. The van der Waals surface area contributed by atoms with Gasteiger partial charge in [0.15, 0.2) is 11.5 Å². The first-order valence-corrected chi connectivity index (χ1v) is 10.3. The summed E-state index contributed by atoms with van der Waals surface area (Å²) >= 11 is 0. The van der Waals surface area contributed by atoms with Crippen LogP contribution in [0.5, 0.6) is 11.5 Å². The van der Waals surface area contributed by atoms with E-state index in [1.807, 2.05) is 17.0 Å². The lowest BCUT2D eigenvalue weighted by molar-refractivity contribution is -0.143. The van der Waals surface area contributed by atoms with Crippen molar-refractivity contribution in [2.24, 2.45) is 5.92 Å². The van der Waals surface area contributed by atoms with Gasteiger partial charge >= 0.3 is 5.97 Å². The fraction of sp³-hybridized carbons (Fsp3) is 0.636. The van der Waals surface area contributed by atoms with Crippen molar-refractivity contribution in [3.63, 3.8) is 0 Å². The maximum atomic E-state index is 12.9. The van der Waals surface area contributed by atoms with E-state index in [0.29, 0.717) is 30.5 Å². The number of ether oxygens (including phenoxy) is 3. The molecular weight excluding hydrogens is 372 g/mol. The molecule has 1 saturated heterocycles. The summed E-state index contributed by atoms with van der Waals surface area (Å²) in [7, 11) is 4.61. The molecule has 160 valence electrons. The van der Waals surface area contributed by atoms with Gasteiger partial charge in [-0.25, -0.2) is 0 Å². The first-order valence-electron chi connectivity index (χ1n) is 10.3. The molecule has 7 heteroatoms. The number of hydrogen-bond donors (Lipinski definition) is 0. The number of hydrogen-bond acceptors (Lipinski definition) is 6. The second-order valence-electron chi connectivity index (χ2n) is 7.99. The fourth-order valence-corrected chi connectivity index (χ4v) is 4.28. The van der Waals surface area contributed by atoms with Crippen LogP contribution in [-0.2, 0) is 20.7 Å². The fourth-order valence-electron chi connectivity index (χ4n) is 4.28. The van der Waals surface area contributed by atoms with Gasteiger partial charge in [-0.05, 0) is 48.4 Å². The van der Waals surface area contributed by atoms with Crippen LogP contribution < -0.4 is 9.47 Å². The highest BCUT2D eigenvalue weighted by Crippen LogP contribution is 2.39. The van der Waals surface area contributed by atoms with Gasteiger partial charge in [-0.1, -0.05) is 6.92 Å². The first kappa shape index (κ1) is 21.4. The zero-order valence-corrected chi connectivity index (χ0v) is 17.9. The van der Waals surface area contributed by atoms with Gasteiger partial charge < -0.3 is 19.1 Å². The van der Waals surface area contributed by atoms with Crippen LogP contribution in [0.15, 0.2) is 12.1 Å². The number of rotatable bonds is 6. The van der Waals surface area contributed by atoms with E-state index in [1.54, 1.807) is 14.2 Å². The van der Waals surface area contributed by atoms with E-state index in [9.17, 15) is 9.59 Å². The molecule has 7 nitrogen and oxygen atoms in total. The molecule has 3 rings (SSSR count). The number of fused-ring (bicyclic) bond motifs is 1. The molecule has 1 fully saturated rings. The van der Waals surface area contributed by atoms with E-state index < -0.39 is 0 Å². The predicted octanol–water partition coefficient (Wildman–Crippen LogP) is 2.42. The summed E-state index contributed by atoms with van der Waals surface area (Å²) in [5, 5.41) is 0. The minimum atomic E-state index is -0.290. The van der Waals surface area contributed by atoms with Gasteiger partial charge in [0.1, 0.15) is 0 Å². The van der Waals surface area contributed by atoms with Crippen LogP contribution in [0.4, 0.5) is 0 Å². The Balaban J connectivity index is 1.83. The maximum Gasteiger partial charge on any atom is 0.307 e. The quantitative estimate of drug-likeness (QED) is 0.679. The van der Waals surface area contributed by atoms with Gasteiger partial charge in [0.2, 0.25) is 5.91 Å². The molecule has 1 aromatic carbocycles. The van der Waals surface area contributed by atoms with Gasteiger partial charge in [-0.3, -0.25) is 14.5 Å². The van der Waals surface area contributed by atoms with E-state index in [4.69, 9.17) is 14.2 Å². The number of carbonyl (C=O) groups excluding carboxylic acids is 2. The van der Waals surface area contributed by atoms with Crippen LogP contribution in [-0.4, -0.2) is 69.2 Å². The number of nitrogens with zero attached hydrogens (tertiary/aromatic N) is 2. The Morgan fingerprint density at radius 1 is 1.03 bits per heavy atom. The molecule has 1 aromatic rings. The van der Waals surface area contributed by atoms with E-state index in [2.05, 4.69) is 11.8 Å². The van der Waals surface area contributed by atoms with Crippen LogP contribution >= 0.6 is 0 Å². The lowest BCUT2D eigenvalue weighted by Crippen LogP contribution is -2.47. The SMILES string of the molecule is COC(=O)CC1c2cc(OC)c(OC)cc2CCN1CC(=O)N1CCC(C)CC1. The second-order valence-corrected chi connectivity index (χ2v) is 7.99. The Labute approximate surface area is 172 Å². The molecule has 2 aliphatic rings. The highest BCUT2D eigenvalue weighted by Gasteiger charge is 2.33. The molecule has 0 radical (unpaired) electrons. The Morgan fingerprint density at radius 3 is 2.31 bits per heavy atom. The Morgan fingerprint density at radius 2 is 1.69 bits per heavy atom. The average molecular weight is 405 g/mol. The van der Waals surface area contributed by atoms with Gasteiger partial charge in [0, 0.05) is 25.7 Å². The van der Waals surface area contributed by atoms with Crippen LogP contribution in [0.3, 0.4) is 0 Å². The number of amides is 1. The van der Waals surface area contributed by atoms with Crippen molar-refractivity contribution in [1.29, 1.82) is 0 Å². The van der Waals surface area contributed by atoms with Gasteiger partial charge in [0.05, 0.1) is 34.3 Å². The highest BCUT2D eigenvalue weighted by molar-refractivity contribution is 5.79. The topological polar surface area (TPSA) is 68.3 Å². The second kappa shape index (κ2) is 9.48. The lowest BCUT2D eigenvalue weighted by atomic mass is 9.90. The summed E-state index contributed by atoms with van der Waals surface area (Å²) in [6.07, 6.45) is 3.09. The van der Waals surface area contributed by atoms with Crippen LogP contribution in [0.2, 0.25) is 0 Å². The maximum absolute atomic E-state index is 12.9. The summed E-state index contributed by atoms with van der Waals surface area (Å²) < 4.78 is 15.8. The minimum absolute atomic E-state index is 0.135. The van der Waals surface area contributed by atoms with Gasteiger partial charge in [0.25, 0.3) is 0 Å². The Kier molecular flexibility index (Phi) is 7.00. The first-order chi connectivity index (χ1) is 14.0. The molecule has 1 atom stereocenters. The predicted molar refractivity (Wildman–Crippen MR) is 109 cm³/mol. The number of methoxy groups -OCH3 is 3. The van der Waals surface area contributed by atoms with Crippen molar-refractivity contribution >= 4 is 11.9 Å². The Hall–Kier alpha value is -2.28. The zero-order valence-electron chi connectivity index (χ0n) is 17.9. The average Bonchev–Trinajstić information content (AvgIpc) is 2.74. The molecule has 0 aliphatic carbocycles. The Bertz CT molecular complexity index is 743. The van der Waals surface area contributed by atoms with Crippen molar-refractivity contribution in [1.82, 2.24) is 9.80 Å². The molecule has 0 aromatic heterocycles. The molecule has 1 unspecified atom stereocenters. The summed E-state index contributed by atoms with van der Waals surface area (Å²) in [5.41, 5.74) is 2.12. The molecule has 1 amide bonds. The van der Waals surface area contributed by atoms with Crippen molar-refractivity contribution < 1.29 is 23.8 Å². The largest absolute Gasteiger partial charge is 0.493 e. The van der Waals surface area contributed by atoms with E-state index in [0.717, 1.165) is 43.5 Å².